The first-order valence-electron chi connectivity index (χ1n) is 7.97. The number of hydrogen-bond donors (Lipinski definition) is 1. The molecule has 1 aromatic carbocycles. The van der Waals surface area contributed by atoms with Crippen molar-refractivity contribution >= 4 is 5.91 Å². The lowest BCUT2D eigenvalue weighted by Crippen LogP contribution is -2.24. The van der Waals surface area contributed by atoms with Crippen molar-refractivity contribution in [2.24, 2.45) is 17.6 Å². The van der Waals surface area contributed by atoms with Crippen molar-refractivity contribution < 1.29 is 9.53 Å². The average Bonchev–Trinajstić information content (AvgIpc) is 3.05. The zero-order valence-electron chi connectivity index (χ0n) is 12.5. The van der Waals surface area contributed by atoms with Gasteiger partial charge in [-0.25, -0.2) is 0 Å². The second kappa shape index (κ2) is 6.48. The Bertz CT molecular complexity index is 474. The van der Waals surface area contributed by atoms with Crippen LogP contribution < -0.4 is 10.5 Å². The number of carbonyl (C=O) groups is 1. The van der Waals surface area contributed by atoms with Crippen LogP contribution in [-0.4, -0.2) is 37.0 Å². The lowest BCUT2D eigenvalue weighted by Gasteiger charge is -2.16. The molecule has 1 heterocycles. The highest BCUT2D eigenvalue weighted by atomic mass is 16.5. The van der Waals surface area contributed by atoms with Crippen LogP contribution >= 0.6 is 0 Å². The van der Waals surface area contributed by atoms with E-state index in [-0.39, 0.29) is 0 Å². The fraction of sp³-hybridized carbons (Fsp3) is 0.588. The Hall–Kier alpha value is -1.55. The van der Waals surface area contributed by atoms with E-state index in [4.69, 9.17) is 10.5 Å². The Morgan fingerprint density at radius 1 is 1.19 bits per heavy atom. The SMILES string of the molecule is NC(=O)c1ccc(OCCCN2C[C@H]3CCC[C@H]3C2)cc1. The van der Waals surface area contributed by atoms with E-state index in [1.54, 1.807) is 24.3 Å². The number of carbonyl (C=O) groups excluding carboxylic acids is 1. The molecule has 0 unspecified atom stereocenters. The van der Waals surface area contributed by atoms with Crippen molar-refractivity contribution in [1.29, 1.82) is 0 Å². The summed E-state index contributed by atoms with van der Waals surface area (Å²) in [6.07, 6.45) is 5.36. The molecule has 1 aromatic rings. The summed E-state index contributed by atoms with van der Waals surface area (Å²) >= 11 is 0. The minimum Gasteiger partial charge on any atom is -0.494 e. The lowest BCUT2D eigenvalue weighted by molar-refractivity contribution is 0.100. The van der Waals surface area contributed by atoms with Gasteiger partial charge in [0, 0.05) is 25.2 Å². The smallest absolute Gasteiger partial charge is 0.248 e. The molecule has 2 aliphatic rings. The van der Waals surface area contributed by atoms with Gasteiger partial charge in [0.1, 0.15) is 5.75 Å². The first-order valence-corrected chi connectivity index (χ1v) is 7.97. The predicted molar refractivity (Wildman–Crippen MR) is 82.3 cm³/mol. The third-order valence-corrected chi connectivity index (χ3v) is 4.83. The molecule has 1 aliphatic heterocycles. The lowest BCUT2D eigenvalue weighted by atomic mass is 10.0. The highest BCUT2D eigenvalue weighted by molar-refractivity contribution is 5.92. The van der Waals surface area contributed by atoms with E-state index in [1.807, 2.05) is 0 Å². The van der Waals surface area contributed by atoms with E-state index >= 15 is 0 Å². The van der Waals surface area contributed by atoms with Gasteiger partial charge in [0.25, 0.3) is 0 Å². The van der Waals surface area contributed by atoms with Gasteiger partial charge in [-0.3, -0.25) is 4.79 Å². The summed E-state index contributed by atoms with van der Waals surface area (Å²) < 4.78 is 5.72. The van der Waals surface area contributed by atoms with Gasteiger partial charge >= 0.3 is 0 Å². The van der Waals surface area contributed by atoms with E-state index in [0.717, 1.165) is 37.2 Å². The Balaban J connectivity index is 1.36. The van der Waals surface area contributed by atoms with Crippen molar-refractivity contribution in [3.8, 4) is 5.75 Å². The number of benzene rings is 1. The molecule has 1 saturated heterocycles. The summed E-state index contributed by atoms with van der Waals surface area (Å²) in [6.45, 7) is 4.43. The predicted octanol–water partition coefficient (Wildman–Crippen LogP) is 2.29. The number of nitrogens with zero attached hydrogens (tertiary/aromatic N) is 1. The fourth-order valence-corrected chi connectivity index (χ4v) is 3.71. The maximum absolute atomic E-state index is 11.0. The summed E-state index contributed by atoms with van der Waals surface area (Å²) in [4.78, 5) is 13.6. The number of primary amides is 1. The number of nitrogens with two attached hydrogens (primary N) is 1. The normalized spacial score (nSPS) is 25.0. The Kier molecular flexibility index (Phi) is 4.44. The summed E-state index contributed by atoms with van der Waals surface area (Å²) in [7, 11) is 0. The number of fused-ring (bicyclic) bond motifs is 1. The second-order valence-electron chi connectivity index (χ2n) is 6.30. The number of hydrogen-bond acceptors (Lipinski definition) is 3. The molecule has 114 valence electrons. The van der Waals surface area contributed by atoms with E-state index in [2.05, 4.69) is 4.90 Å². The first-order chi connectivity index (χ1) is 10.2. The molecule has 3 rings (SSSR count). The minimum atomic E-state index is -0.402. The summed E-state index contributed by atoms with van der Waals surface area (Å²) in [5.41, 5.74) is 5.73. The zero-order chi connectivity index (χ0) is 14.7. The van der Waals surface area contributed by atoms with E-state index in [0.29, 0.717) is 5.56 Å². The fourth-order valence-electron chi connectivity index (χ4n) is 3.71. The zero-order valence-corrected chi connectivity index (χ0v) is 12.5. The van der Waals surface area contributed by atoms with E-state index < -0.39 is 5.91 Å². The maximum Gasteiger partial charge on any atom is 0.248 e. The molecule has 1 amide bonds. The van der Waals surface area contributed by atoms with E-state index in [9.17, 15) is 4.79 Å². The molecule has 4 heteroatoms. The van der Waals surface area contributed by atoms with Crippen LogP contribution in [0.3, 0.4) is 0 Å². The van der Waals surface area contributed by atoms with Gasteiger partial charge in [0.2, 0.25) is 5.91 Å². The van der Waals surface area contributed by atoms with Gasteiger partial charge in [0.15, 0.2) is 0 Å². The summed E-state index contributed by atoms with van der Waals surface area (Å²) in [5.74, 6) is 2.33. The largest absolute Gasteiger partial charge is 0.494 e. The van der Waals surface area contributed by atoms with Crippen LogP contribution in [0.1, 0.15) is 36.0 Å². The molecule has 0 bridgehead atoms. The molecule has 4 nitrogen and oxygen atoms in total. The molecule has 1 saturated carbocycles. The molecule has 0 aromatic heterocycles. The quantitative estimate of drug-likeness (QED) is 0.817. The Morgan fingerprint density at radius 2 is 1.86 bits per heavy atom. The first kappa shape index (κ1) is 14.4. The van der Waals surface area contributed by atoms with Crippen LogP contribution in [-0.2, 0) is 0 Å². The van der Waals surface area contributed by atoms with Crippen LogP contribution in [0.5, 0.6) is 5.75 Å². The van der Waals surface area contributed by atoms with Gasteiger partial charge in [-0.2, -0.15) is 0 Å². The number of rotatable bonds is 6. The molecule has 21 heavy (non-hydrogen) atoms. The van der Waals surface area contributed by atoms with Crippen LogP contribution in [0.2, 0.25) is 0 Å². The van der Waals surface area contributed by atoms with Gasteiger partial charge < -0.3 is 15.4 Å². The molecule has 0 spiro atoms. The minimum absolute atomic E-state index is 0.402. The molecule has 0 radical (unpaired) electrons. The molecular formula is C17H24N2O2. The second-order valence-corrected chi connectivity index (χ2v) is 6.30. The highest BCUT2D eigenvalue weighted by Crippen LogP contribution is 2.37. The van der Waals surface area contributed by atoms with Gasteiger partial charge in [-0.1, -0.05) is 6.42 Å². The topological polar surface area (TPSA) is 55.6 Å². The molecular weight excluding hydrogens is 264 g/mol. The van der Waals surface area contributed by atoms with Gasteiger partial charge in [0.05, 0.1) is 6.61 Å². The molecule has 2 fully saturated rings. The standard InChI is InChI=1S/C17H24N2O2/c18-17(20)13-5-7-16(8-6-13)21-10-2-9-19-11-14-3-1-4-15(14)12-19/h5-8,14-15H,1-4,9-12H2,(H2,18,20)/t14-,15+. The van der Waals surface area contributed by atoms with Gasteiger partial charge in [-0.05, 0) is 55.4 Å². The van der Waals surface area contributed by atoms with Crippen LogP contribution in [0.4, 0.5) is 0 Å². The Labute approximate surface area is 126 Å². The van der Waals surface area contributed by atoms with Crippen molar-refractivity contribution in [1.82, 2.24) is 4.90 Å². The molecule has 1 aliphatic carbocycles. The maximum atomic E-state index is 11.0. The summed E-state index contributed by atoms with van der Waals surface area (Å²) in [6, 6.07) is 7.03. The van der Waals surface area contributed by atoms with Gasteiger partial charge in [-0.15, -0.1) is 0 Å². The van der Waals surface area contributed by atoms with Crippen molar-refractivity contribution in [3.63, 3.8) is 0 Å². The third-order valence-electron chi connectivity index (χ3n) is 4.83. The van der Waals surface area contributed by atoms with Crippen LogP contribution in [0.25, 0.3) is 0 Å². The number of likely N-dealkylation sites (tertiary alicyclic amines) is 1. The molecule has 2 atom stereocenters. The number of amides is 1. The molecule has 2 N–H and O–H groups in total. The highest BCUT2D eigenvalue weighted by Gasteiger charge is 2.35. The van der Waals surface area contributed by atoms with Crippen LogP contribution in [0.15, 0.2) is 24.3 Å². The summed E-state index contributed by atoms with van der Waals surface area (Å²) in [5, 5.41) is 0. The monoisotopic (exact) mass is 288 g/mol. The van der Waals surface area contributed by atoms with Crippen molar-refractivity contribution in [2.75, 3.05) is 26.2 Å². The van der Waals surface area contributed by atoms with Crippen molar-refractivity contribution in [3.05, 3.63) is 29.8 Å². The van der Waals surface area contributed by atoms with Crippen molar-refractivity contribution in [2.45, 2.75) is 25.7 Å². The number of ether oxygens (including phenoxy) is 1. The third kappa shape index (κ3) is 3.56. The van der Waals surface area contributed by atoms with E-state index in [1.165, 1.54) is 32.4 Å². The Morgan fingerprint density at radius 3 is 2.48 bits per heavy atom. The van der Waals surface area contributed by atoms with Crippen LogP contribution in [0, 0.1) is 11.8 Å². The average molecular weight is 288 g/mol.